The Bertz CT molecular complexity index is 632. The van der Waals surface area contributed by atoms with E-state index in [4.69, 9.17) is 4.74 Å². The van der Waals surface area contributed by atoms with Crippen molar-refractivity contribution in [3.63, 3.8) is 0 Å². The van der Waals surface area contributed by atoms with Crippen molar-refractivity contribution in [2.24, 2.45) is 4.99 Å². The van der Waals surface area contributed by atoms with Crippen LogP contribution in [0.25, 0.3) is 0 Å². The molecule has 0 amide bonds. The van der Waals surface area contributed by atoms with Crippen LogP contribution in [0.4, 0.5) is 0 Å². The summed E-state index contributed by atoms with van der Waals surface area (Å²) >= 11 is 0. The average Bonchev–Trinajstić information content (AvgIpc) is 2.73. The normalized spacial score (nSPS) is 11.9. The first-order valence-corrected chi connectivity index (χ1v) is 10.9. The van der Waals surface area contributed by atoms with Gasteiger partial charge in [-0.3, -0.25) is 14.6 Å². The quantitative estimate of drug-likeness (QED) is 0.0775. The van der Waals surface area contributed by atoms with E-state index in [2.05, 4.69) is 23.6 Å². The van der Waals surface area contributed by atoms with E-state index in [0.717, 1.165) is 38.5 Å². The molecule has 0 saturated heterocycles. The summed E-state index contributed by atoms with van der Waals surface area (Å²) in [5, 5.41) is 9.74. The van der Waals surface area contributed by atoms with Gasteiger partial charge in [0.25, 0.3) is 0 Å². The number of aliphatic hydroxyl groups is 1. The second-order valence-corrected chi connectivity index (χ2v) is 6.44. The number of nitrogens with zero attached hydrogens (tertiary/aromatic N) is 1. The van der Waals surface area contributed by atoms with Crippen LogP contribution in [-0.4, -0.2) is 49.3 Å². The molecule has 0 aromatic rings. The molecule has 7 nitrogen and oxygen atoms in total. The van der Waals surface area contributed by atoms with Crippen molar-refractivity contribution in [3.8, 4) is 0 Å². The van der Waals surface area contributed by atoms with Crippen molar-refractivity contribution in [2.45, 2.75) is 72.6 Å². The van der Waals surface area contributed by atoms with Crippen molar-refractivity contribution in [1.82, 2.24) is 0 Å². The number of esters is 2. The van der Waals surface area contributed by atoms with E-state index < -0.39 is 11.9 Å². The molecule has 0 unspecified atom stereocenters. The highest BCUT2D eigenvalue weighted by molar-refractivity contribution is 6.10. The standard InChI is InChI=1S/C13H21NO3.C11H18O3/c1-4-6-7-8-9-12(15)11(10-14-3)13(16)17-5-2;1-3-5-6-7-8-10(12)9-11(13)14-4-2/h8-10,15H,4-7H2,1-3H3;7-8H,3-6,9H2,1-2H3. The monoisotopic (exact) mass is 437 g/mol. The Morgan fingerprint density at radius 2 is 1.42 bits per heavy atom. The Morgan fingerprint density at radius 3 is 1.90 bits per heavy atom. The highest BCUT2D eigenvalue weighted by Gasteiger charge is 2.12. The third kappa shape index (κ3) is 19.0. The van der Waals surface area contributed by atoms with Crippen LogP contribution in [0.15, 0.2) is 40.6 Å². The molecular formula is C24H39NO6. The van der Waals surface area contributed by atoms with Crippen molar-refractivity contribution in [1.29, 1.82) is 0 Å². The van der Waals surface area contributed by atoms with Crippen LogP contribution < -0.4 is 0 Å². The maximum absolute atomic E-state index is 11.5. The predicted octanol–water partition coefficient (Wildman–Crippen LogP) is 5.06. The molecule has 0 fully saturated rings. The first kappa shape index (κ1) is 30.5. The Balaban J connectivity index is 0. The Labute approximate surface area is 186 Å². The van der Waals surface area contributed by atoms with E-state index in [0.29, 0.717) is 6.61 Å². The van der Waals surface area contributed by atoms with Crippen LogP contribution in [0.2, 0.25) is 0 Å². The zero-order valence-corrected chi connectivity index (χ0v) is 19.7. The minimum Gasteiger partial charge on any atom is -0.507 e. The highest BCUT2D eigenvalue weighted by atomic mass is 16.5. The molecule has 0 heterocycles. The van der Waals surface area contributed by atoms with Gasteiger partial charge in [0.15, 0.2) is 5.78 Å². The third-order valence-electron chi connectivity index (χ3n) is 3.68. The molecule has 0 saturated carbocycles. The van der Waals surface area contributed by atoms with E-state index in [-0.39, 0.29) is 30.1 Å². The largest absolute Gasteiger partial charge is 0.507 e. The Hall–Kier alpha value is -2.70. The summed E-state index contributed by atoms with van der Waals surface area (Å²) in [7, 11) is 1.54. The maximum atomic E-state index is 11.5. The molecule has 0 spiro atoms. The second-order valence-electron chi connectivity index (χ2n) is 6.44. The minimum absolute atomic E-state index is 0.0853. The molecule has 0 aliphatic carbocycles. The molecular weight excluding hydrogens is 398 g/mol. The summed E-state index contributed by atoms with van der Waals surface area (Å²) in [5.74, 6) is -1.29. The third-order valence-corrected chi connectivity index (χ3v) is 3.68. The molecule has 0 aromatic carbocycles. The lowest BCUT2D eigenvalue weighted by molar-refractivity contribution is -0.145. The lowest BCUT2D eigenvalue weighted by Crippen LogP contribution is -2.11. The van der Waals surface area contributed by atoms with Crippen molar-refractivity contribution < 1.29 is 29.0 Å². The lowest BCUT2D eigenvalue weighted by atomic mass is 10.2. The van der Waals surface area contributed by atoms with Crippen LogP contribution in [0, 0.1) is 0 Å². The summed E-state index contributed by atoms with van der Waals surface area (Å²) < 4.78 is 9.47. The molecule has 176 valence electrons. The van der Waals surface area contributed by atoms with Crippen LogP contribution in [0.1, 0.15) is 72.6 Å². The van der Waals surface area contributed by atoms with E-state index in [1.807, 2.05) is 12.2 Å². The van der Waals surface area contributed by atoms with E-state index in [1.54, 1.807) is 13.8 Å². The summed E-state index contributed by atoms with van der Waals surface area (Å²) in [6, 6.07) is 0. The minimum atomic E-state index is -0.559. The molecule has 31 heavy (non-hydrogen) atoms. The number of hydrogen-bond donors (Lipinski definition) is 1. The first-order valence-electron chi connectivity index (χ1n) is 10.9. The van der Waals surface area contributed by atoms with Gasteiger partial charge in [-0.15, -0.1) is 0 Å². The molecule has 0 radical (unpaired) electrons. The fourth-order valence-electron chi connectivity index (χ4n) is 2.12. The number of carbonyl (C=O) groups excluding carboxylic acids is 3. The van der Waals surface area contributed by atoms with Gasteiger partial charge in [-0.05, 0) is 38.8 Å². The summed E-state index contributed by atoms with van der Waals surface area (Å²) in [6.45, 7) is 8.22. The van der Waals surface area contributed by atoms with Crippen LogP contribution in [0.5, 0.6) is 0 Å². The van der Waals surface area contributed by atoms with E-state index >= 15 is 0 Å². The molecule has 0 aliphatic heterocycles. The number of aliphatic imine (C=N–C) groups is 1. The SMILES string of the molecule is CCCCC=CC(=O)CC(=O)OCC.CCCCC=CC(O)=C(C=NC)C(=O)OCC. The first-order chi connectivity index (χ1) is 14.9. The number of hydrogen-bond acceptors (Lipinski definition) is 7. The summed E-state index contributed by atoms with van der Waals surface area (Å²) in [5.41, 5.74) is 0.0853. The molecule has 0 bridgehead atoms. The van der Waals surface area contributed by atoms with Gasteiger partial charge < -0.3 is 14.6 Å². The fraction of sp³-hybridized carbons (Fsp3) is 0.583. The molecule has 1 N–H and O–H groups in total. The smallest absolute Gasteiger partial charge is 0.343 e. The van der Waals surface area contributed by atoms with Gasteiger partial charge in [0.1, 0.15) is 17.8 Å². The van der Waals surface area contributed by atoms with Crippen LogP contribution in [0.3, 0.4) is 0 Å². The van der Waals surface area contributed by atoms with Crippen molar-refractivity contribution >= 4 is 23.9 Å². The van der Waals surface area contributed by atoms with Crippen molar-refractivity contribution in [2.75, 3.05) is 20.3 Å². The molecule has 7 heteroatoms. The number of aliphatic hydroxyl groups excluding tert-OH is 1. The molecule has 0 atom stereocenters. The number of ketones is 1. The van der Waals surface area contributed by atoms with E-state index in [1.165, 1.54) is 25.4 Å². The van der Waals surface area contributed by atoms with Crippen LogP contribution in [-0.2, 0) is 23.9 Å². The maximum Gasteiger partial charge on any atom is 0.343 e. The zero-order valence-electron chi connectivity index (χ0n) is 19.7. The summed E-state index contributed by atoms with van der Waals surface area (Å²) in [6.07, 6.45) is 13.9. The highest BCUT2D eigenvalue weighted by Crippen LogP contribution is 2.06. The van der Waals surface area contributed by atoms with Gasteiger partial charge >= 0.3 is 11.9 Å². The number of allylic oxidation sites excluding steroid dienone is 4. The topological polar surface area (TPSA) is 102 Å². The molecule has 0 aliphatic rings. The number of ether oxygens (including phenoxy) is 2. The van der Waals surface area contributed by atoms with Gasteiger partial charge in [0, 0.05) is 13.3 Å². The van der Waals surface area contributed by atoms with Crippen LogP contribution >= 0.6 is 0 Å². The predicted molar refractivity (Wildman–Crippen MR) is 124 cm³/mol. The Kier molecular flexibility index (Phi) is 21.6. The van der Waals surface area contributed by atoms with E-state index in [9.17, 15) is 19.5 Å². The average molecular weight is 438 g/mol. The number of rotatable bonds is 14. The summed E-state index contributed by atoms with van der Waals surface area (Å²) in [4.78, 5) is 37.2. The van der Waals surface area contributed by atoms with Gasteiger partial charge in [0.2, 0.25) is 0 Å². The zero-order chi connectivity index (χ0) is 23.9. The van der Waals surface area contributed by atoms with Gasteiger partial charge in [-0.2, -0.15) is 0 Å². The van der Waals surface area contributed by atoms with Gasteiger partial charge in [-0.25, -0.2) is 4.79 Å². The van der Waals surface area contributed by atoms with Gasteiger partial charge in [-0.1, -0.05) is 51.7 Å². The molecule has 0 aromatic heterocycles. The molecule has 0 rings (SSSR count). The van der Waals surface area contributed by atoms with Gasteiger partial charge in [0.05, 0.1) is 13.2 Å². The number of carbonyl (C=O) groups is 3. The Morgan fingerprint density at radius 1 is 0.871 bits per heavy atom. The number of unbranched alkanes of at least 4 members (excludes halogenated alkanes) is 4. The van der Waals surface area contributed by atoms with Crippen molar-refractivity contribution in [3.05, 3.63) is 35.6 Å². The lowest BCUT2D eigenvalue weighted by Gasteiger charge is -2.03. The fourth-order valence-corrected chi connectivity index (χ4v) is 2.12. The second kappa shape index (κ2) is 22.0.